The van der Waals surface area contributed by atoms with Gasteiger partial charge in [0.05, 0.1) is 4.34 Å². The van der Waals surface area contributed by atoms with Gasteiger partial charge in [0.1, 0.15) is 0 Å². The lowest BCUT2D eigenvalue weighted by Gasteiger charge is -2.16. The van der Waals surface area contributed by atoms with Crippen LogP contribution in [0.4, 0.5) is 5.69 Å². The van der Waals surface area contributed by atoms with Crippen molar-refractivity contribution in [3.05, 3.63) is 81.3 Å². The molecule has 0 bridgehead atoms. The van der Waals surface area contributed by atoms with E-state index in [2.05, 4.69) is 12.2 Å². The molecule has 0 saturated carbocycles. The van der Waals surface area contributed by atoms with Crippen molar-refractivity contribution in [3.63, 3.8) is 0 Å². The number of nitrogens with zero attached hydrogens (tertiary/aromatic N) is 1. The van der Waals surface area contributed by atoms with Gasteiger partial charge in [-0.05, 0) is 55.0 Å². The maximum absolute atomic E-state index is 13.1. The van der Waals surface area contributed by atoms with Crippen LogP contribution < -0.4 is 15.0 Å². The Morgan fingerprint density at radius 3 is 2.42 bits per heavy atom. The molecule has 0 fully saturated rings. The van der Waals surface area contributed by atoms with Gasteiger partial charge in [0.2, 0.25) is 5.70 Å². The van der Waals surface area contributed by atoms with Gasteiger partial charge in [-0.1, -0.05) is 36.0 Å². The van der Waals surface area contributed by atoms with Gasteiger partial charge < -0.3 is 10.4 Å². The molecule has 3 rings (SSSR count). The number of hydrogen-bond donors (Lipinski definition) is 1. The Balaban J connectivity index is 2.03. The maximum atomic E-state index is 13.1. The molecular weight excluding hydrogens is 384 g/mol. The molecule has 3 nitrogen and oxygen atoms in total. The third kappa shape index (κ3) is 4.12. The molecular formula is C20H17ClN2OS2. The van der Waals surface area contributed by atoms with Crippen molar-refractivity contribution in [1.82, 2.24) is 0 Å². The number of halogens is 1. The van der Waals surface area contributed by atoms with Gasteiger partial charge in [-0.2, -0.15) is 4.57 Å². The Labute approximate surface area is 167 Å². The number of thiophene rings is 1. The molecule has 6 heteroatoms. The van der Waals surface area contributed by atoms with Crippen LogP contribution in [-0.2, 0) is 0 Å². The Hall–Kier alpha value is -2.21. The number of anilines is 1. The molecule has 26 heavy (non-hydrogen) atoms. The molecule has 0 atom stereocenters. The van der Waals surface area contributed by atoms with E-state index in [9.17, 15) is 5.11 Å². The van der Waals surface area contributed by atoms with Crippen molar-refractivity contribution in [2.24, 2.45) is 0 Å². The summed E-state index contributed by atoms with van der Waals surface area (Å²) in [5.41, 5.74) is 3.59. The summed E-state index contributed by atoms with van der Waals surface area (Å²) < 4.78 is 2.30. The lowest BCUT2D eigenvalue weighted by atomic mass is 10.1. The standard InChI is InChI=1S/C20H17ClN2OS2/c1-13-6-7-15(12-14(13)2)22-20(25)18(23-10-4-3-5-11-23)19(24)16-8-9-17(21)26-16/h3-12H,1-2H3,(H-,22,24,25). The van der Waals surface area contributed by atoms with Gasteiger partial charge in [0.25, 0.3) is 0 Å². The Morgan fingerprint density at radius 1 is 1.08 bits per heavy atom. The van der Waals surface area contributed by atoms with Crippen LogP contribution in [0, 0.1) is 13.8 Å². The second-order valence-corrected chi connectivity index (χ2v) is 7.94. The van der Waals surface area contributed by atoms with E-state index in [1.165, 1.54) is 16.9 Å². The summed E-state index contributed by atoms with van der Waals surface area (Å²) in [5.74, 6) is -0.167. The third-order valence-electron chi connectivity index (χ3n) is 3.97. The van der Waals surface area contributed by atoms with Crippen molar-refractivity contribution in [1.29, 1.82) is 0 Å². The molecule has 0 spiro atoms. The average molecular weight is 401 g/mol. The molecule has 1 aromatic carbocycles. The molecule has 0 radical (unpaired) electrons. The molecule has 0 amide bonds. The fourth-order valence-electron chi connectivity index (χ4n) is 2.45. The Morgan fingerprint density at radius 2 is 1.81 bits per heavy atom. The van der Waals surface area contributed by atoms with E-state index in [0.717, 1.165) is 11.3 Å². The quantitative estimate of drug-likeness (QED) is 0.305. The minimum Gasteiger partial charge on any atom is -0.867 e. The third-order valence-corrected chi connectivity index (χ3v) is 5.49. The second kappa shape index (κ2) is 7.99. The number of nitrogens with one attached hydrogen (secondary N) is 1. The first kappa shape index (κ1) is 18.6. The van der Waals surface area contributed by atoms with E-state index in [4.69, 9.17) is 23.8 Å². The number of aryl methyl sites for hydroxylation is 2. The Kier molecular flexibility index (Phi) is 5.71. The first-order valence-electron chi connectivity index (χ1n) is 7.98. The monoisotopic (exact) mass is 400 g/mol. The number of benzene rings is 1. The summed E-state index contributed by atoms with van der Waals surface area (Å²) >= 11 is 12.8. The zero-order chi connectivity index (χ0) is 18.7. The van der Waals surface area contributed by atoms with Crippen molar-refractivity contribution >= 4 is 57.3 Å². The summed E-state index contributed by atoms with van der Waals surface area (Å²) in [6.45, 7) is 4.10. The Bertz CT molecular complexity index is 980. The summed E-state index contributed by atoms with van der Waals surface area (Å²) in [4.78, 5) is 0.907. The van der Waals surface area contributed by atoms with Crippen LogP contribution in [0.3, 0.4) is 0 Å². The average Bonchev–Trinajstić information content (AvgIpc) is 3.06. The molecule has 3 aromatic rings. The van der Waals surface area contributed by atoms with Crippen LogP contribution >= 0.6 is 35.2 Å². The summed E-state index contributed by atoms with van der Waals surface area (Å²) in [6.07, 6.45) is 3.60. The fourth-order valence-corrected chi connectivity index (χ4v) is 3.75. The van der Waals surface area contributed by atoms with Gasteiger partial charge in [-0.3, -0.25) is 0 Å². The zero-order valence-electron chi connectivity index (χ0n) is 14.3. The van der Waals surface area contributed by atoms with Crippen LogP contribution in [-0.4, -0.2) is 4.99 Å². The lowest BCUT2D eigenvalue weighted by Crippen LogP contribution is -2.39. The van der Waals surface area contributed by atoms with E-state index in [1.54, 1.807) is 29.1 Å². The zero-order valence-corrected chi connectivity index (χ0v) is 16.7. The molecule has 0 saturated heterocycles. The van der Waals surface area contributed by atoms with E-state index in [-0.39, 0.29) is 5.76 Å². The summed E-state index contributed by atoms with van der Waals surface area (Å²) in [7, 11) is 0. The topological polar surface area (TPSA) is 39.0 Å². The van der Waals surface area contributed by atoms with Crippen LogP contribution in [0.1, 0.15) is 16.0 Å². The number of thiocarbonyl (C=S) groups is 1. The van der Waals surface area contributed by atoms with Crippen molar-refractivity contribution < 1.29 is 9.67 Å². The van der Waals surface area contributed by atoms with Crippen LogP contribution in [0.15, 0.2) is 60.9 Å². The molecule has 0 aliphatic carbocycles. The van der Waals surface area contributed by atoms with Gasteiger partial charge in [0, 0.05) is 22.7 Å². The van der Waals surface area contributed by atoms with E-state index in [0.29, 0.717) is 19.9 Å². The molecule has 1 N–H and O–H groups in total. The van der Waals surface area contributed by atoms with E-state index < -0.39 is 0 Å². The molecule has 0 unspecified atom stereocenters. The number of pyridine rings is 1. The number of hydrogen-bond acceptors (Lipinski definition) is 3. The predicted molar refractivity (Wildman–Crippen MR) is 111 cm³/mol. The van der Waals surface area contributed by atoms with E-state index >= 15 is 0 Å². The highest BCUT2D eigenvalue weighted by Gasteiger charge is 2.19. The first-order valence-corrected chi connectivity index (χ1v) is 9.58. The van der Waals surface area contributed by atoms with Crippen molar-refractivity contribution in [2.75, 3.05) is 5.32 Å². The first-order chi connectivity index (χ1) is 12.5. The minimum atomic E-state index is -0.167. The molecule has 0 aliphatic heterocycles. The summed E-state index contributed by atoms with van der Waals surface area (Å²) in [6, 6.07) is 15.0. The van der Waals surface area contributed by atoms with Gasteiger partial charge in [0.15, 0.2) is 17.4 Å². The molecule has 2 aromatic heterocycles. The largest absolute Gasteiger partial charge is 0.867 e. The minimum absolute atomic E-state index is 0.167. The number of aromatic nitrogens is 1. The summed E-state index contributed by atoms with van der Waals surface area (Å²) in [5, 5.41) is 16.3. The SMILES string of the molecule is Cc1ccc(NC(=S)/C(=C(\[O-])c2ccc(Cl)s2)[n+]2ccccc2)cc1C. The van der Waals surface area contributed by atoms with Crippen molar-refractivity contribution in [2.45, 2.75) is 13.8 Å². The van der Waals surface area contributed by atoms with Gasteiger partial charge in [-0.15, -0.1) is 11.3 Å². The van der Waals surface area contributed by atoms with Gasteiger partial charge >= 0.3 is 0 Å². The van der Waals surface area contributed by atoms with Crippen LogP contribution in [0.2, 0.25) is 4.34 Å². The molecule has 2 heterocycles. The maximum Gasteiger partial charge on any atom is 0.239 e. The molecule has 0 aliphatic rings. The fraction of sp³-hybridized carbons (Fsp3) is 0.100. The van der Waals surface area contributed by atoms with Crippen LogP contribution in [0.5, 0.6) is 0 Å². The number of rotatable bonds is 4. The van der Waals surface area contributed by atoms with Crippen molar-refractivity contribution in [3.8, 4) is 0 Å². The van der Waals surface area contributed by atoms with Gasteiger partial charge in [-0.25, -0.2) is 0 Å². The normalized spacial score (nSPS) is 11.8. The smallest absolute Gasteiger partial charge is 0.239 e. The highest BCUT2D eigenvalue weighted by Crippen LogP contribution is 2.27. The predicted octanol–water partition coefficient (Wildman–Crippen LogP) is 4.43. The van der Waals surface area contributed by atoms with Crippen LogP contribution in [0.25, 0.3) is 11.5 Å². The second-order valence-electron chi connectivity index (χ2n) is 5.82. The van der Waals surface area contributed by atoms with E-state index in [1.807, 2.05) is 43.3 Å². The molecule has 132 valence electrons. The lowest BCUT2D eigenvalue weighted by molar-refractivity contribution is -0.577. The highest BCUT2D eigenvalue weighted by molar-refractivity contribution is 7.81. The highest BCUT2D eigenvalue weighted by atomic mass is 35.5.